The number of ether oxygens (including phenoxy) is 2. The number of hydrogen-bond donors (Lipinski definition) is 1. The van der Waals surface area contributed by atoms with Crippen molar-refractivity contribution < 1.29 is 9.47 Å². The van der Waals surface area contributed by atoms with Crippen LogP contribution in [0.3, 0.4) is 0 Å². The van der Waals surface area contributed by atoms with Crippen molar-refractivity contribution in [2.45, 2.75) is 32.2 Å². The molecular weight excluding hydrogens is 300 g/mol. The Bertz CT molecular complexity index is 562. The average Bonchev–Trinajstić information content (AvgIpc) is 2.88. The maximum Gasteiger partial charge on any atom is 0.180 e. The van der Waals surface area contributed by atoms with Crippen LogP contribution in [0.15, 0.2) is 6.07 Å². The Kier molecular flexibility index (Phi) is 4.53. The Morgan fingerprint density at radius 2 is 2.00 bits per heavy atom. The van der Waals surface area contributed by atoms with Gasteiger partial charge in [-0.1, -0.05) is 25.4 Å². The van der Waals surface area contributed by atoms with Crippen LogP contribution in [0.2, 0.25) is 5.02 Å². The van der Waals surface area contributed by atoms with Crippen LogP contribution in [0.4, 0.5) is 0 Å². The SMILES string of the molecule is CC(C)c1c(C2CC(CN)CN2C)cc(Cl)c2c1OCCO2. The van der Waals surface area contributed by atoms with E-state index in [0.29, 0.717) is 41.9 Å². The number of likely N-dealkylation sites (tertiary alicyclic amines) is 1. The van der Waals surface area contributed by atoms with E-state index in [1.165, 1.54) is 11.1 Å². The van der Waals surface area contributed by atoms with Crippen LogP contribution in [-0.2, 0) is 0 Å². The van der Waals surface area contributed by atoms with Crippen LogP contribution >= 0.6 is 11.6 Å². The number of nitrogens with zero attached hydrogens (tertiary/aromatic N) is 1. The third kappa shape index (κ3) is 2.68. The molecule has 0 saturated carbocycles. The normalized spacial score (nSPS) is 25.0. The second-order valence-electron chi connectivity index (χ2n) is 6.66. The van der Waals surface area contributed by atoms with Crippen LogP contribution in [0, 0.1) is 5.92 Å². The summed E-state index contributed by atoms with van der Waals surface area (Å²) in [6, 6.07) is 2.42. The molecule has 22 heavy (non-hydrogen) atoms. The van der Waals surface area contributed by atoms with Gasteiger partial charge in [0, 0.05) is 18.2 Å². The van der Waals surface area contributed by atoms with Gasteiger partial charge in [0.1, 0.15) is 13.2 Å². The maximum atomic E-state index is 6.47. The molecule has 2 aliphatic rings. The van der Waals surface area contributed by atoms with Gasteiger partial charge in [-0.2, -0.15) is 0 Å². The number of fused-ring (bicyclic) bond motifs is 1. The van der Waals surface area contributed by atoms with E-state index >= 15 is 0 Å². The zero-order valence-corrected chi connectivity index (χ0v) is 14.3. The quantitative estimate of drug-likeness (QED) is 0.927. The maximum absolute atomic E-state index is 6.47. The number of hydrogen-bond acceptors (Lipinski definition) is 4. The van der Waals surface area contributed by atoms with Crippen LogP contribution < -0.4 is 15.2 Å². The summed E-state index contributed by atoms with van der Waals surface area (Å²) >= 11 is 6.47. The number of rotatable bonds is 3. The molecule has 5 heteroatoms. The van der Waals surface area contributed by atoms with E-state index in [4.69, 9.17) is 26.8 Å². The first-order valence-corrected chi connectivity index (χ1v) is 8.42. The van der Waals surface area contributed by atoms with E-state index in [-0.39, 0.29) is 0 Å². The van der Waals surface area contributed by atoms with E-state index in [1.54, 1.807) is 0 Å². The van der Waals surface area contributed by atoms with Gasteiger partial charge in [-0.3, -0.25) is 4.90 Å². The molecule has 2 unspecified atom stereocenters. The Hall–Kier alpha value is -0.970. The monoisotopic (exact) mass is 324 g/mol. The summed E-state index contributed by atoms with van der Waals surface area (Å²) in [5.74, 6) is 2.44. The van der Waals surface area contributed by atoms with Gasteiger partial charge in [0.05, 0.1) is 5.02 Å². The van der Waals surface area contributed by atoms with Crippen molar-refractivity contribution in [3.05, 3.63) is 22.2 Å². The molecule has 2 N–H and O–H groups in total. The van der Waals surface area contributed by atoms with E-state index < -0.39 is 0 Å². The van der Waals surface area contributed by atoms with Crippen molar-refractivity contribution >= 4 is 11.6 Å². The van der Waals surface area contributed by atoms with Crippen LogP contribution in [-0.4, -0.2) is 38.3 Å². The lowest BCUT2D eigenvalue weighted by molar-refractivity contribution is 0.168. The Labute approximate surface area is 137 Å². The Balaban J connectivity index is 2.09. The second-order valence-corrected chi connectivity index (χ2v) is 7.07. The van der Waals surface area contributed by atoms with Gasteiger partial charge in [-0.05, 0) is 43.5 Å². The molecule has 1 fully saturated rings. The molecule has 2 atom stereocenters. The molecule has 3 rings (SSSR count). The lowest BCUT2D eigenvalue weighted by Crippen LogP contribution is -2.23. The highest BCUT2D eigenvalue weighted by molar-refractivity contribution is 6.32. The number of nitrogens with two attached hydrogens (primary N) is 1. The summed E-state index contributed by atoms with van der Waals surface area (Å²) in [7, 11) is 2.16. The first-order chi connectivity index (χ1) is 10.5. The second kappa shape index (κ2) is 6.26. The van der Waals surface area contributed by atoms with Crippen molar-refractivity contribution in [1.82, 2.24) is 4.90 Å². The van der Waals surface area contributed by atoms with Crippen molar-refractivity contribution in [1.29, 1.82) is 0 Å². The van der Waals surface area contributed by atoms with Gasteiger partial charge in [-0.15, -0.1) is 0 Å². The Morgan fingerprint density at radius 1 is 1.32 bits per heavy atom. The van der Waals surface area contributed by atoms with Gasteiger partial charge in [0.15, 0.2) is 11.5 Å². The van der Waals surface area contributed by atoms with Crippen molar-refractivity contribution in [3.63, 3.8) is 0 Å². The molecular formula is C17H25ClN2O2. The van der Waals surface area contributed by atoms with Crippen molar-refractivity contribution in [3.8, 4) is 11.5 Å². The topological polar surface area (TPSA) is 47.7 Å². The number of halogens is 1. The third-order valence-corrected chi connectivity index (χ3v) is 5.02. The average molecular weight is 325 g/mol. The van der Waals surface area contributed by atoms with Crippen molar-refractivity contribution in [2.24, 2.45) is 11.7 Å². The molecule has 0 spiro atoms. The summed E-state index contributed by atoms with van der Waals surface area (Å²) in [5, 5.41) is 0.652. The lowest BCUT2D eigenvalue weighted by Gasteiger charge is -2.30. The summed E-state index contributed by atoms with van der Waals surface area (Å²) in [5.41, 5.74) is 8.37. The summed E-state index contributed by atoms with van der Waals surface area (Å²) in [6.45, 7) is 7.29. The number of benzene rings is 1. The molecule has 0 bridgehead atoms. The van der Waals surface area contributed by atoms with Gasteiger partial charge < -0.3 is 15.2 Å². The smallest absolute Gasteiger partial charge is 0.180 e. The van der Waals surface area contributed by atoms with E-state index in [0.717, 1.165) is 25.3 Å². The highest BCUT2D eigenvalue weighted by Crippen LogP contribution is 2.49. The molecule has 2 heterocycles. The van der Waals surface area contributed by atoms with Crippen LogP contribution in [0.1, 0.15) is 43.4 Å². The Morgan fingerprint density at radius 3 is 2.59 bits per heavy atom. The first-order valence-electron chi connectivity index (χ1n) is 8.05. The van der Waals surface area contributed by atoms with E-state index in [1.807, 2.05) is 0 Å². The summed E-state index contributed by atoms with van der Waals surface area (Å²) in [6.07, 6.45) is 1.07. The summed E-state index contributed by atoms with van der Waals surface area (Å²) in [4.78, 5) is 2.38. The van der Waals surface area contributed by atoms with E-state index in [9.17, 15) is 0 Å². The molecule has 0 aromatic heterocycles. The standard InChI is InChI=1S/C17H25ClN2O2/c1-10(2)15-12(14-6-11(8-19)9-20(14)3)7-13(18)16-17(15)22-5-4-21-16/h7,10-11,14H,4-6,8-9,19H2,1-3H3. The van der Waals surface area contributed by atoms with Crippen LogP contribution in [0.25, 0.3) is 0 Å². The molecule has 1 saturated heterocycles. The molecule has 4 nitrogen and oxygen atoms in total. The molecule has 0 aliphatic carbocycles. The lowest BCUT2D eigenvalue weighted by atomic mass is 9.89. The fourth-order valence-electron chi connectivity index (χ4n) is 3.72. The molecule has 122 valence electrons. The third-order valence-electron chi connectivity index (χ3n) is 4.74. The van der Waals surface area contributed by atoms with Gasteiger partial charge >= 0.3 is 0 Å². The minimum atomic E-state index is 0.347. The predicted octanol–water partition coefficient (Wildman–Crippen LogP) is 3.19. The largest absolute Gasteiger partial charge is 0.486 e. The van der Waals surface area contributed by atoms with E-state index in [2.05, 4.69) is 31.9 Å². The zero-order chi connectivity index (χ0) is 15.9. The summed E-state index contributed by atoms with van der Waals surface area (Å²) < 4.78 is 11.7. The molecule has 2 aliphatic heterocycles. The fraction of sp³-hybridized carbons (Fsp3) is 0.647. The first kappa shape index (κ1) is 15.9. The molecule has 1 aromatic carbocycles. The van der Waals surface area contributed by atoms with Gasteiger partial charge in [0.2, 0.25) is 0 Å². The minimum absolute atomic E-state index is 0.347. The highest BCUT2D eigenvalue weighted by Gasteiger charge is 2.34. The highest BCUT2D eigenvalue weighted by atomic mass is 35.5. The molecule has 0 amide bonds. The fourth-order valence-corrected chi connectivity index (χ4v) is 3.98. The van der Waals surface area contributed by atoms with Crippen LogP contribution in [0.5, 0.6) is 11.5 Å². The van der Waals surface area contributed by atoms with Crippen molar-refractivity contribution in [2.75, 3.05) is 33.4 Å². The van der Waals surface area contributed by atoms with Gasteiger partial charge in [0.25, 0.3) is 0 Å². The minimum Gasteiger partial charge on any atom is -0.486 e. The molecule has 1 aromatic rings. The zero-order valence-electron chi connectivity index (χ0n) is 13.6. The van der Waals surface area contributed by atoms with Gasteiger partial charge in [-0.25, -0.2) is 0 Å². The predicted molar refractivity (Wildman–Crippen MR) is 89.1 cm³/mol. The molecule has 0 radical (unpaired) electrons.